The van der Waals surface area contributed by atoms with Gasteiger partial charge in [0.25, 0.3) is 5.91 Å². The third kappa shape index (κ3) is 5.79. The van der Waals surface area contributed by atoms with Crippen molar-refractivity contribution in [3.8, 4) is 0 Å². The molecule has 0 radical (unpaired) electrons. The number of aromatic nitrogens is 2. The minimum absolute atomic E-state index is 0.00670. The van der Waals surface area contributed by atoms with Crippen LogP contribution >= 0.6 is 11.6 Å². The van der Waals surface area contributed by atoms with Gasteiger partial charge in [0.2, 0.25) is 0 Å². The number of hydroxylamine groups is 1. The van der Waals surface area contributed by atoms with Gasteiger partial charge in [-0.25, -0.2) is 15.0 Å². The molecule has 1 aromatic carbocycles. The quantitative estimate of drug-likeness (QED) is 0.321. The second-order valence-corrected chi connectivity index (χ2v) is 9.31. The van der Waals surface area contributed by atoms with E-state index >= 15 is 0 Å². The fourth-order valence-corrected chi connectivity index (χ4v) is 4.22. The second-order valence-electron chi connectivity index (χ2n) is 8.95. The first-order chi connectivity index (χ1) is 15.7. The molecule has 1 aliphatic rings. The van der Waals surface area contributed by atoms with Gasteiger partial charge >= 0.3 is 0 Å². The maximum Gasteiger partial charge on any atom is 0.271 e. The molecule has 1 amide bonds. The van der Waals surface area contributed by atoms with Gasteiger partial charge in [-0.3, -0.25) is 15.5 Å². The number of halogens is 1. The van der Waals surface area contributed by atoms with E-state index < -0.39 is 5.91 Å². The Labute approximate surface area is 199 Å². The lowest BCUT2D eigenvalue weighted by Crippen LogP contribution is -2.45. The SMILES string of the molecule is CCCC(C)(C)c1ccc(C(=Nc2nc(N3CCN(C)CC3)c(Cl)nc2C(N)=O)NO)cc1. The van der Waals surface area contributed by atoms with Gasteiger partial charge in [-0.05, 0) is 24.4 Å². The predicted octanol–water partition coefficient (Wildman–Crippen LogP) is 3.12. The summed E-state index contributed by atoms with van der Waals surface area (Å²) < 4.78 is 0. The molecular weight excluding hydrogens is 442 g/mol. The molecule has 4 N–H and O–H groups in total. The van der Waals surface area contributed by atoms with Gasteiger partial charge in [-0.15, -0.1) is 0 Å². The summed E-state index contributed by atoms with van der Waals surface area (Å²) in [7, 11) is 2.05. The molecule has 10 heteroatoms. The Kier molecular flexibility index (Phi) is 7.88. The van der Waals surface area contributed by atoms with Crippen molar-refractivity contribution in [3.63, 3.8) is 0 Å². The Morgan fingerprint density at radius 1 is 1.21 bits per heavy atom. The van der Waals surface area contributed by atoms with Crippen LogP contribution in [0.3, 0.4) is 0 Å². The third-order valence-electron chi connectivity index (χ3n) is 5.99. The smallest absolute Gasteiger partial charge is 0.271 e. The van der Waals surface area contributed by atoms with E-state index in [1.54, 1.807) is 0 Å². The van der Waals surface area contributed by atoms with Gasteiger partial charge in [0.05, 0.1) is 0 Å². The number of hydrogen-bond acceptors (Lipinski definition) is 7. The Hall–Kier alpha value is -2.75. The molecule has 0 spiro atoms. The highest BCUT2D eigenvalue weighted by atomic mass is 35.5. The minimum Gasteiger partial charge on any atom is -0.364 e. The number of nitrogens with two attached hydrogens (primary N) is 1. The zero-order valence-electron chi connectivity index (χ0n) is 19.6. The van der Waals surface area contributed by atoms with E-state index in [2.05, 4.69) is 46.1 Å². The van der Waals surface area contributed by atoms with Gasteiger partial charge in [0.1, 0.15) is 0 Å². The van der Waals surface area contributed by atoms with Gasteiger partial charge in [0, 0.05) is 31.7 Å². The van der Waals surface area contributed by atoms with Gasteiger partial charge in [-0.1, -0.05) is 63.1 Å². The summed E-state index contributed by atoms with van der Waals surface area (Å²) in [6, 6.07) is 7.75. The lowest BCUT2D eigenvalue weighted by Gasteiger charge is -2.33. The fraction of sp³-hybridized carbons (Fsp3) is 0.478. The van der Waals surface area contributed by atoms with Crippen LogP contribution in [0.4, 0.5) is 11.6 Å². The number of primary amides is 1. The van der Waals surface area contributed by atoms with Crippen molar-refractivity contribution in [2.45, 2.75) is 39.0 Å². The number of piperazine rings is 1. The highest BCUT2D eigenvalue weighted by Gasteiger charge is 2.24. The van der Waals surface area contributed by atoms with Gasteiger partial charge in [-0.2, -0.15) is 0 Å². The van der Waals surface area contributed by atoms with Crippen LogP contribution in [0.1, 0.15) is 55.2 Å². The Morgan fingerprint density at radius 2 is 1.85 bits per heavy atom. The summed E-state index contributed by atoms with van der Waals surface area (Å²) in [5.41, 5.74) is 9.31. The van der Waals surface area contributed by atoms with Crippen LogP contribution in [-0.4, -0.2) is 65.0 Å². The topological polar surface area (TPSA) is 120 Å². The Morgan fingerprint density at radius 3 is 2.39 bits per heavy atom. The molecule has 0 atom stereocenters. The van der Waals surface area contributed by atoms with E-state index in [4.69, 9.17) is 17.3 Å². The molecule has 1 saturated heterocycles. The van der Waals surface area contributed by atoms with Crippen molar-refractivity contribution in [1.29, 1.82) is 0 Å². The second kappa shape index (κ2) is 10.5. The van der Waals surface area contributed by atoms with Gasteiger partial charge in [0.15, 0.2) is 28.3 Å². The number of nitrogens with zero attached hydrogens (tertiary/aromatic N) is 5. The van der Waals surface area contributed by atoms with E-state index in [0.717, 1.165) is 25.9 Å². The molecule has 178 valence electrons. The average molecular weight is 474 g/mol. The molecule has 2 heterocycles. The summed E-state index contributed by atoms with van der Waals surface area (Å²) in [4.78, 5) is 29.3. The molecule has 9 nitrogen and oxygen atoms in total. The molecule has 3 rings (SSSR count). The zero-order chi connectivity index (χ0) is 24.2. The number of carbonyl (C=O) groups is 1. The molecule has 33 heavy (non-hydrogen) atoms. The van der Waals surface area contributed by atoms with Gasteiger partial charge < -0.3 is 15.5 Å². The first-order valence-corrected chi connectivity index (χ1v) is 11.4. The maximum atomic E-state index is 12.0. The van der Waals surface area contributed by atoms with Crippen molar-refractivity contribution < 1.29 is 10.0 Å². The number of nitrogens with one attached hydrogen (secondary N) is 1. The third-order valence-corrected chi connectivity index (χ3v) is 6.25. The molecule has 1 fully saturated rings. The summed E-state index contributed by atoms with van der Waals surface area (Å²) in [5, 5.41) is 9.89. The molecular formula is C23H32ClN7O2. The standard InChI is InChI=1S/C23H32ClN7O2/c1-5-10-23(2,3)16-8-6-15(7-9-16)20(29-33)27-21-17(19(25)32)26-18(24)22(28-21)31-13-11-30(4)12-14-31/h6-9,33H,5,10-14H2,1-4H3,(H2,25,32)(H,27,28,29). The number of carbonyl (C=O) groups excluding carboxylic acids is 1. The highest BCUT2D eigenvalue weighted by molar-refractivity contribution is 6.32. The molecule has 0 aliphatic carbocycles. The van der Waals surface area contributed by atoms with Crippen molar-refractivity contribution >= 4 is 35.0 Å². The molecule has 0 saturated carbocycles. The number of aliphatic imine (C=N–C) groups is 1. The summed E-state index contributed by atoms with van der Waals surface area (Å²) >= 11 is 6.34. The number of rotatable bonds is 7. The normalized spacial score (nSPS) is 15.6. The highest BCUT2D eigenvalue weighted by Crippen LogP contribution is 2.30. The largest absolute Gasteiger partial charge is 0.364 e. The lowest BCUT2D eigenvalue weighted by atomic mass is 9.80. The van der Waals surface area contributed by atoms with E-state index in [1.807, 2.05) is 36.2 Å². The van der Waals surface area contributed by atoms with E-state index in [0.29, 0.717) is 24.5 Å². The van der Waals surface area contributed by atoms with Crippen molar-refractivity contribution in [3.05, 3.63) is 46.2 Å². The van der Waals surface area contributed by atoms with Crippen LogP contribution in [0.5, 0.6) is 0 Å². The van der Waals surface area contributed by atoms with Crippen molar-refractivity contribution in [2.75, 3.05) is 38.1 Å². The number of anilines is 1. The van der Waals surface area contributed by atoms with Crippen LogP contribution in [0, 0.1) is 0 Å². The van der Waals surface area contributed by atoms with Crippen LogP contribution < -0.4 is 16.1 Å². The molecule has 1 aliphatic heterocycles. The van der Waals surface area contributed by atoms with E-state index in [9.17, 15) is 10.0 Å². The fourth-order valence-electron chi connectivity index (χ4n) is 3.97. The Bertz CT molecular complexity index is 1020. The van der Waals surface area contributed by atoms with Crippen LogP contribution in [0.2, 0.25) is 5.15 Å². The number of hydrogen-bond donors (Lipinski definition) is 3. The lowest BCUT2D eigenvalue weighted by molar-refractivity contribution is 0.0996. The molecule has 0 unspecified atom stereocenters. The maximum absolute atomic E-state index is 12.0. The molecule has 0 bridgehead atoms. The summed E-state index contributed by atoms with van der Waals surface area (Å²) in [6.07, 6.45) is 2.14. The van der Waals surface area contributed by atoms with E-state index in [-0.39, 0.29) is 27.9 Å². The minimum atomic E-state index is -0.804. The van der Waals surface area contributed by atoms with Crippen LogP contribution in [0.25, 0.3) is 0 Å². The molecule has 2 aromatic rings. The first-order valence-electron chi connectivity index (χ1n) is 11.1. The zero-order valence-corrected chi connectivity index (χ0v) is 20.4. The number of amides is 1. The number of likely N-dealkylation sites (N-methyl/N-ethyl adjacent to an activating group) is 1. The predicted molar refractivity (Wildman–Crippen MR) is 131 cm³/mol. The Balaban J connectivity index is 2.00. The van der Waals surface area contributed by atoms with Crippen molar-refractivity contribution in [2.24, 2.45) is 10.7 Å². The molecule has 1 aromatic heterocycles. The number of amidine groups is 1. The number of benzene rings is 1. The average Bonchev–Trinajstić information content (AvgIpc) is 2.78. The van der Waals surface area contributed by atoms with Crippen LogP contribution in [-0.2, 0) is 5.41 Å². The van der Waals surface area contributed by atoms with E-state index in [1.165, 1.54) is 5.56 Å². The summed E-state index contributed by atoms with van der Waals surface area (Å²) in [5.74, 6) is -0.254. The summed E-state index contributed by atoms with van der Waals surface area (Å²) in [6.45, 7) is 9.68. The van der Waals surface area contributed by atoms with Crippen molar-refractivity contribution in [1.82, 2.24) is 20.3 Å². The monoisotopic (exact) mass is 473 g/mol. The first kappa shape index (κ1) is 24.9. The van der Waals surface area contributed by atoms with Crippen LogP contribution in [0.15, 0.2) is 29.3 Å².